The predicted molar refractivity (Wildman–Crippen MR) is 82.3 cm³/mol. The van der Waals surface area contributed by atoms with E-state index in [0.717, 1.165) is 36.7 Å². The van der Waals surface area contributed by atoms with Crippen LogP contribution < -0.4 is 10.0 Å². The van der Waals surface area contributed by atoms with Crippen molar-refractivity contribution in [2.75, 3.05) is 18.9 Å². The van der Waals surface area contributed by atoms with Crippen LogP contribution in [0.4, 0.5) is 10.7 Å². The van der Waals surface area contributed by atoms with Crippen molar-refractivity contribution in [2.45, 2.75) is 36.3 Å². The molecule has 118 valence electrons. The number of nitro groups is 1. The molecule has 0 bridgehead atoms. The lowest BCUT2D eigenvalue weighted by molar-refractivity contribution is -0.383. The summed E-state index contributed by atoms with van der Waals surface area (Å²) < 4.78 is 26.8. The number of nitrogens with zero attached hydrogens (tertiary/aromatic N) is 1. The van der Waals surface area contributed by atoms with Crippen molar-refractivity contribution in [3.63, 3.8) is 0 Å². The summed E-state index contributed by atoms with van der Waals surface area (Å²) in [4.78, 5) is 10.3. The van der Waals surface area contributed by atoms with Crippen LogP contribution in [-0.4, -0.2) is 26.9 Å². The van der Waals surface area contributed by atoms with Gasteiger partial charge in [0.05, 0.1) is 4.92 Å². The van der Waals surface area contributed by atoms with Crippen LogP contribution in [0.15, 0.2) is 10.3 Å². The predicted octanol–water partition coefficient (Wildman–Crippen LogP) is 2.56. The molecular weight excluding hydrogens is 314 g/mol. The van der Waals surface area contributed by atoms with Crippen molar-refractivity contribution >= 4 is 32.0 Å². The van der Waals surface area contributed by atoms with Gasteiger partial charge in [-0.3, -0.25) is 10.1 Å². The fourth-order valence-corrected chi connectivity index (χ4v) is 4.95. The molecule has 9 heteroatoms. The molecule has 1 saturated carbocycles. The zero-order chi connectivity index (χ0) is 15.5. The summed E-state index contributed by atoms with van der Waals surface area (Å²) >= 11 is 0.874. The number of thiophene rings is 1. The third-order valence-electron chi connectivity index (χ3n) is 3.70. The van der Waals surface area contributed by atoms with Gasteiger partial charge >= 0.3 is 5.69 Å². The summed E-state index contributed by atoms with van der Waals surface area (Å²) in [5, 5.41) is 13.8. The lowest BCUT2D eigenvalue weighted by atomic mass is 10.1. The fourth-order valence-electron chi connectivity index (χ4n) is 2.57. The number of sulfonamides is 1. The number of anilines is 1. The first-order chi connectivity index (χ1) is 9.94. The summed E-state index contributed by atoms with van der Waals surface area (Å²) in [5.41, 5.74) is -0.210. The van der Waals surface area contributed by atoms with Gasteiger partial charge in [0.25, 0.3) is 0 Å². The van der Waals surface area contributed by atoms with Gasteiger partial charge < -0.3 is 5.32 Å². The van der Waals surface area contributed by atoms with E-state index in [1.54, 1.807) is 0 Å². The Morgan fingerprint density at radius 2 is 2.10 bits per heavy atom. The van der Waals surface area contributed by atoms with Gasteiger partial charge in [0.15, 0.2) is 5.00 Å². The zero-order valence-corrected chi connectivity index (χ0v) is 13.4. The molecule has 0 aliphatic heterocycles. The molecule has 0 saturated heterocycles. The number of hydrogen-bond donors (Lipinski definition) is 2. The number of rotatable bonds is 7. The van der Waals surface area contributed by atoms with Crippen LogP contribution in [0.3, 0.4) is 0 Å². The van der Waals surface area contributed by atoms with E-state index in [-0.39, 0.29) is 14.9 Å². The molecule has 1 heterocycles. The first kappa shape index (κ1) is 16.2. The monoisotopic (exact) mass is 333 g/mol. The summed E-state index contributed by atoms with van der Waals surface area (Å²) in [6.07, 6.45) is 5.60. The van der Waals surface area contributed by atoms with Gasteiger partial charge in [0.2, 0.25) is 10.0 Å². The molecule has 1 aliphatic rings. The average molecular weight is 333 g/mol. The van der Waals surface area contributed by atoms with Crippen molar-refractivity contribution in [3.8, 4) is 0 Å². The van der Waals surface area contributed by atoms with E-state index in [1.165, 1.54) is 19.9 Å². The molecule has 7 nitrogen and oxygen atoms in total. The first-order valence-corrected chi connectivity index (χ1v) is 9.19. The summed E-state index contributed by atoms with van der Waals surface area (Å²) in [5.74, 6) is 0.596. The molecule has 21 heavy (non-hydrogen) atoms. The molecule has 1 aliphatic carbocycles. The quantitative estimate of drug-likeness (QED) is 0.590. The van der Waals surface area contributed by atoms with Crippen LogP contribution >= 0.6 is 11.3 Å². The van der Waals surface area contributed by atoms with Gasteiger partial charge in [-0.15, -0.1) is 0 Å². The standard InChI is InChI=1S/C12H19N3O4S2/c1-13-12-10(15(16)17)8-11(20-12)21(18,19)14-7-6-9-4-2-3-5-9/h8-9,13-14H,2-7H2,1H3. The minimum atomic E-state index is -3.67. The van der Waals surface area contributed by atoms with Gasteiger partial charge in [0, 0.05) is 19.7 Å². The molecule has 0 radical (unpaired) electrons. The van der Waals surface area contributed by atoms with E-state index < -0.39 is 14.9 Å². The molecular formula is C12H19N3O4S2. The van der Waals surface area contributed by atoms with Crippen molar-refractivity contribution in [3.05, 3.63) is 16.2 Å². The van der Waals surface area contributed by atoms with Crippen LogP contribution in [0.1, 0.15) is 32.1 Å². The van der Waals surface area contributed by atoms with Gasteiger partial charge in [-0.2, -0.15) is 0 Å². The molecule has 1 aromatic rings. The molecule has 2 rings (SSSR count). The number of nitrogens with one attached hydrogen (secondary N) is 2. The van der Waals surface area contributed by atoms with Crippen LogP contribution in [0, 0.1) is 16.0 Å². The minimum absolute atomic E-state index is 0.0232. The second-order valence-corrected chi connectivity index (χ2v) is 8.17. The van der Waals surface area contributed by atoms with Crippen molar-refractivity contribution in [2.24, 2.45) is 5.92 Å². The van der Waals surface area contributed by atoms with Crippen LogP contribution in [0.2, 0.25) is 0 Å². The smallest absolute Gasteiger partial charge is 0.304 e. The highest BCUT2D eigenvalue weighted by Crippen LogP contribution is 2.36. The van der Waals surface area contributed by atoms with Crippen molar-refractivity contribution < 1.29 is 13.3 Å². The third kappa shape index (κ3) is 3.92. The highest BCUT2D eigenvalue weighted by molar-refractivity contribution is 7.91. The van der Waals surface area contributed by atoms with E-state index in [9.17, 15) is 18.5 Å². The van der Waals surface area contributed by atoms with E-state index >= 15 is 0 Å². The Morgan fingerprint density at radius 1 is 1.43 bits per heavy atom. The summed E-state index contributed by atoms with van der Waals surface area (Å²) in [7, 11) is -2.14. The highest BCUT2D eigenvalue weighted by atomic mass is 32.2. The Balaban J connectivity index is 2.03. The van der Waals surface area contributed by atoms with Crippen molar-refractivity contribution in [1.82, 2.24) is 4.72 Å². The van der Waals surface area contributed by atoms with E-state index in [0.29, 0.717) is 12.5 Å². The maximum absolute atomic E-state index is 12.2. The summed E-state index contributed by atoms with van der Waals surface area (Å²) in [6.45, 7) is 0.383. The molecule has 0 spiro atoms. The Morgan fingerprint density at radius 3 is 2.62 bits per heavy atom. The molecule has 0 amide bonds. The van der Waals surface area contributed by atoms with E-state index in [4.69, 9.17) is 0 Å². The molecule has 0 aromatic carbocycles. The Bertz CT molecular complexity index is 606. The lowest BCUT2D eigenvalue weighted by Gasteiger charge is -2.09. The second kappa shape index (κ2) is 6.71. The van der Waals surface area contributed by atoms with Crippen molar-refractivity contribution in [1.29, 1.82) is 0 Å². The number of hydrogen-bond acceptors (Lipinski definition) is 6. The Labute approximate surface area is 127 Å². The lowest BCUT2D eigenvalue weighted by Crippen LogP contribution is -2.25. The molecule has 0 atom stereocenters. The van der Waals surface area contributed by atoms with Crippen LogP contribution in [0.25, 0.3) is 0 Å². The highest BCUT2D eigenvalue weighted by Gasteiger charge is 2.25. The van der Waals surface area contributed by atoms with Gasteiger partial charge in [-0.1, -0.05) is 37.0 Å². The normalized spacial score (nSPS) is 16.2. The molecule has 1 aromatic heterocycles. The van der Waals surface area contributed by atoms with Gasteiger partial charge in [-0.05, 0) is 12.3 Å². The summed E-state index contributed by atoms with van der Waals surface area (Å²) in [6, 6.07) is 1.11. The molecule has 1 fully saturated rings. The van der Waals surface area contributed by atoms with Crippen LogP contribution in [0.5, 0.6) is 0 Å². The first-order valence-electron chi connectivity index (χ1n) is 6.89. The third-order valence-corrected chi connectivity index (χ3v) is 6.77. The second-order valence-electron chi connectivity index (χ2n) is 5.12. The Hall–Kier alpha value is -1.19. The average Bonchev–Trinajstić information content (AvgIpc) is 3.07. The maximum Gasteiger partial charge on any atom is 0.304 e. The largest absolute Gasteiger partial charge is 0.374 e. The molecule has 0 unspecified atom stereocenters. The van der Waals surface area contributed by atoms with Gasteiger partial charge in [-0.25, -0.2) is 13.1 Å². The SMILES string of the molecule is CNc1sc(S(=O)(=O)NCCC2CCCC2)cc1[N+](=O)[O-]. The Kier molecular flexibility index (Phi) is 5.17. The molecule has 2 N–H and O–H groups in total. The maximum atomic E-state index is 12.2. The van der Waals surface area contributed by atoms with Gasteiger partial charge in [0.1, 0.15) is 4.21 Å². The minimum Gasteiger partial charge on any atom is -0.374 e. The van der Waals surface area contributed by atoms with E-state index in [1.807, 2.05) is 0 Å². The fraction of sp³-hybridized carbons (Fsp3) is 0.667. The van der Waals surface area contributed by atoms with Crippen LogP contribution in [-0.2, 0) is 10.0 Å². The van der Waals surface area contributed by atoms with E-state index in [2.05, 4.69) is 10.0 Å². The zero-order valence-electron chi connectivity index (χ0n) is 11.8. The topological polar surface area (TPSA) is 101 Å².